The molecular weight excluding hydrogens is 238 g/mol. The summed E-state index contributed by atoms with van der Waals surface area (Å²) in [6, 6.07) is 1.08. The first-order chi connectivity index (χ1) is 9.08. The number of primary amides is 1. The summed E-state index contributed by atoms with van der Waals surface area (Å²) in [7, 11) is 2.20. The molecule has 0 spiro atoms. The summed E-state index contributed by atoms with van der Waals surface area (Å²) in [5.41, 5.74) is 5.48. The Labute approximate surface area is 117 Å². The topological polar surface area (TPSA) is 58.4 Å². The molecular formula is C15H29N3O. The molecule has 2 rings (SSSR count). The molecule has 19 heavy (non-hydrogen) atoms. The van der Waals surface area contributed by atoms with Gasteiger partial charge in [-0.2, -0.15) is 0 Å². The summed E-state index contributed by atoms with van der Waals surface area (Å²) < 4.78 is 0. The number of hydrogen-bond acceptors (Lipinski definition) is 3. The van der Waals surface area contributed by atoms with Gasteiger partial charge in [0.25, 0.3) is 0 Å². The normalized spacial score (nSPS) is 29.4. The first-order valence-corrected chi connectivity index (χ1v) is 7.83. The molecule has 0 aromatic heterocycles. The molecule has 0 aromatic rings. The predicted molar refractivity (Wildman–Crippen MR) is 77.8 cm³/mol. The van der Waals surface area contributed by atoms with Gasteiger partial charge in [0.05, 0.1) is 6.04 Å². The molecule has 4 heteroatoms. The van der Waals surface area contributed by atoms with Crippen molar-refractivity contribution < 1.29 is 4.79 Å². The van der Waals surface area contributed by atoms with Gasteiger partial charge in [0.2, 0.25) is 5.91 Å². The fraction of sp³-hybridized carbons (Fsp3) is 0.933. The lowest BCUT2D eigenvalue weighted by atomic mass is 9.85. The molecule has 0 bridgehead atoms. The van der Waals surface area contributed by atoms with E-state index in [1.807, 2.05) is 0 Å². The Hall–Kier alpha value is -0.610. The molecule has 110 valence electrons. The zero-order valence-corrected chi connectivity index (χ0v) is 12.4. The Morgan fingerprint density at radius 2 is 2.00 bits per heavy atom. The molecule has 3 atom stereocenters. The average Bonchev–Trinajstić information content (AvgIpc) is 3.18. The molecule has 0 radical (unpaired) electrons. The number of amides is 1. The van der Waals surface area contributed by atoms with Crippen LogP contribution in [0.1, 0.15) is 51.9 Å². The number of nitrogens with one attached hydrogen (secondary N) is 1. The lowest BCUT2D eigenvalue weighted by Gasteiger charge is -2.36. The lowest BCUT2D eigenvalue weighted by molar-refractivity contribution is -0.120. The second-order valence-electron chi connectivity index (χ2n) is 6.49. The van der Waals surface area contributed by atoms with E-state index in [4.69, 9.17) is 5.73 Å². The number of nitrogens with zero attached hydrogens (tertiary/aromatic N) is 1. The number of rotatable bonds is 7. The smallest absolute Gasteiger partial charge is 0.234 e. The van der Waals surface area contributed by atoms with Crippen molar-refractivity contribution in [3.05, 3.63) is 0 Å². The molecule has 3 N–H and O–H groups in total. The molecule has 2 fully saturated rings. The van der Waals surface area contributed by atoms with Crippen LogP contribution in [0.2, 0.25) is 0 Å². The molecule has 0 aromatic carbocycles. The first kappa shape index (κ1) is 14.8. The van der Waals surface area contributed by atoms with Crippen LogP contribution in [0.25, 0.3) is 0 Å². The van der Waals surface area contributed by atoms with Crippen molar-refractivity contribution in [2.45, 2.75) is 70.0 Å². The van der Waals surface area contributed by atoms with Crippen LogP contribution in [0.15, 0.2) is 0 Å². The van der Waals surface area contributed by atoms with Gasteiger partial charge < -0.3 is 16.0 Å². The van der Waals surface area contributed by atoms with E-state index < -0.39 is 0 Å². The number of nitrogens with two attached hydrogens (primary N) is 1. The van der Waals surface area contributed by atoms with Gasteiger partial charge in [0, 0.05) is 18.6 Å². The average molecular weight is 267 g/mol. The van der Waals surface area contributed by atoms with Crippen LogP contribution < -0.4 is 11.1 Å². The zero-order valence-electron chi connectivity index (χ0n) is 12.4. The van der Waals surface area contributed by atoms with Crippen molar-refractivity contribution in [2.75, 3.05) is 13.6 Å². The summed E-state index contributed by atoms with van der Waals surface area (Å²) in [6.07, 6.45) is 8.59. The summed E-state index contributed by atoms with van der Waals surface area (Å²) >= 11 is 0. The Bertz CT molecular complexity index is 304. The minimum absolute atomic E-state index is 0.145. The summed E-state index contributed by atoms with van der Waals surface area (Å²) in [6.45, 7) is 3.32. The van der Waals surface area contributed by atoms with E-state index in [0.29, 0.717) is 12.1 Å². The Morgan fingerprint density at radius 3 is 2.58 bits per heavy atom. The van der Waals surface area contributed by atoms with E-state index in [-0.39, 0.29) is 11.9 Å². The van der Waals surface area contributed by atoms with Crippen LogP contribution in [0, 0.1) is 5.92 Å². The van der Waals surface area contributed by atoms with E-state index >= 15 is 0 Å². The number of hydrogen-bond donors (Lipinski definition) is 2. The van der Waals surface area contributed by atoms with E-state index in [1.165, 1.54) is 38.5 Å². The van der Waals surface area contributed by atoms with Gasteiger partial charge in [-0.05, 0) is 45.1 Å². The minimum atomic E-state index is -0.197. The van der Waals surface area contributed by atoms with Gasteiger partial charge in [-0.25, -0.2) is 0 Å². The third-order valence-corrected chi connectivity index (χ3v) is 4.76. The molecule has 1 amide bonds. The van der Waals surface area contributed by atoms with Crippen molar-refractivity contribution in [2.24, 2.45) is 11.7 Å². The fourth-order valence-corrected chi connectivity index (χ4v) is 3.29. The Morgan fingerprint density at radius 1 is 1.32 bits per heavy atom. The lowest BCUT2D eigenvalue weighted by Crippen LogP contribution is -2.46. The highest BCUT2D eigenvalue weighted by Gasteiger charge is 2.29. The highest BCUT2D eigenvalue weighted by molar-refractivity contribution is 5.79. The van der Waals surface area contributed by atoms with Crippen LogP contribution >= 0.6 is 0 Å². The van der Waals surface area contributed by atoms with Crippen molar-refractivity contribution in [3.8, 4) is 0 Å². The van der Waals surface area contributed by atoms with Crippen molar-refractivity contribution in [1.29, 1.82) is 0 Å². The van der Waals surface area contributed by atoms with Gasteiger partial charge in [-0.1, -0.05) is 19.8 Å². The quantitative estimate of drug-likeness (QED) is 0.735. The van der Waals surface area contributed by atoms with Crippen LogP contribution in [0.4, 0.5) is 0 Å². The second-order valence-corrected chi connectivity index (χ2v) is 6.49. The SMILES string of the molecule is CC1CCCCC1N(C)CCC(NC1CC1)C(N)=O. The maximum atomic E-state index is 11.5. The predicted octanol–water partition coefficient (Wildman–Crippen LogP) is 1.49. The van der Waals surface area contributed by atoms with Crippen LogP contribution in [-0.4, -0.2) is 42.5 Å². The Balaban J connectivity index is 1.76. The van der Waals surface area contributed by atoms with Gasteiger partial charge in [-0.15, -0.1) is 0 Å². The molecule has 3 unspecified atom stereocenters. The molecule has 4 nitrogen and oxygen atoms in total. The molecule has 0 saturated heterocycles. The third kappa shape index (κ3) is 4.46. The molecule has 0 heterocycles. The largest absolute Gasteiger partial charge is 0.368 e. The highest BCUT2D eigenvalue weighted by atomic mass is 16.1. The van der Waals surface area contributed by atoms with E-state index in [9.17, 15) is 4.79 Å². The van der Waals surface area contributed by atoms with Gasteiger partial charge >= 0.3 is 0 Å². The summed E-state index contributed by atoms with van der Waals surface area (Å²) in [4.78, 5) is 13.9. The fourth-order valence-electron chi connectivity index (χ4n) is 3.29. The van der Waals surface area contributed by atoms with E-state index in [1.54, 1.807) is 0 Å². The number of carbonyl (C=O) groups is 1. The van der Waals surface area contributed by atoms with Crippen LogP contribution in [0.3, 0.4) is 0 Å². The highest BCUT2D eigenvalue weighted by Crippen LogP contribution is 2.27. The third-order valence-electron chi connectivity index (χ3n) is 4.76. The van der Waals surface area contributed by atoms with Gasteiger partial charge in [0.1, 0.15) is 0 Å². The van der Waals surface area contributed by atoms with Crippen LogP contribution in [-0.2, 0) is 4.79 Å². The van der Waals surface area contributed by atoms with Crippen molar-refractivity contribution in [3.63, 3.8) is 0 Å². The van der Waals surface area contributed by atoms with E-state index in [2.05, 4.69) is 24.2 Å². The van der Waals surface area contributed by atoms with E-state index in [0.717, 1.165) is 18.9 Å². The second kappa shape index (κ2) is 6.71. The monoisotopic (exact) mass is 267 g/mol. The molecule has 2 saturated carbocycles. The first-order valence-electron chi connectivity index (χ1n) is 7.83. The maximum absolute atomic E-state index is 11.5. The van der Waals surface area contributed by atoms with Gasteiger partial charge in [-0.3, -0.25) is 4.79 Å². The van der Waals surface area contributed by atoms with Gasteiger partial charge in [0.15, 0.2) is 0 Å². The Kier molecular flexibility index (Phi) is 5.22. The van der Waals surface area contributed by atoms with Crippen LogP contribution in [0.5, 0.6) is 0 Å². The van der Waals surface area contributed by atoms with Crippen molar-refractivity contribution >= 4 is 5.91 Å². The standard InChI is InChI=1S/C15H29N3O/c1-11-5-3-4-6-14(11)18(2)10-9-13(15(16)19)17-12-7-8-12/h11-14,17H,3-10H2,1-2H3,(H2,16,19). The summed E-state index contributed by atoms with van der Waals surface area (Å²) in [5, 5.41) is 3.36. The minimum Gasteiger partial charge on any atom is -0.368 e. The zero-order chi connectivity index (χ0) is 13.8. The van der Waals surface area contributed by atoms with Crippen molar-refractivity contribution in [1.82, 2.24) is 10.2 Å². The molecule has 2 aliphatic rings. The molecule has 0 aliphatic heterocycles. The maximum Gasteiger partial charge on any atom is 0.234 e. The molecule has 2 aliphatic carbocycles. The number of carbonyl (C=O) groups excluding carboxylic acids is 1. The summed E-state index contributed by atoms with van der Waals surface area (Å²) in [5.74, 6) is 0.583.